The number of hydrogen-bond donors (Lipinski definition) is 0. The first-order valence-corrected chi connectivity index (χ1v) is 3.68. The Morgan fingerprint density at radius 3 is 2.82 bits per heavy atom. The summed E-state index contributed by atoms with van der Waals surface area (Å²) in [6.45, 7) is 7.52. The smallest absolute Gasteiger partial charge is 0.308 e. The zero-order valence-corrected chi connectivity index (χ0v) is 7.04. The third-order valence-electron chi connectivity index (χ3n) is 1.19. The second kappa shape index (κ2) is 6.20. The van der Waals surface area contributed by atoms with E-state index in [0.717, 1.165) is 0 Å². The minimum Gasteiger partial charge on any atom is -0.466 e. The van der Waals surface area contributed by atoms with E-state index >= 15 is 0 Å². The molecule has 0 amide bonds. The monoisotopic (exact) mass is 154 g/mol. The van der Waals surface area contributed by atoms with E-state index in [1.165, 1.54) is 0 Å². The van der Waals surface area contributed by atoms with Crippen LogP contribution in [0, 0.1) is 32.1 Å². The van der Waals surface area contributed by atoms with Gasteiger partial charge in [0.25, 0.3) is 0 Å². The van der Waals surface area contributed by atoms with E-state index in [4.69, 9.17) is 4.74 Å². The summed E-state index contributed by atoms with van der Waals surface area (Å²) in [4.78, 5) is 10.9. The van der Waals surface area contributed by atoms with Gasteiger partial charge in [0, 0.05) is 0 Å². The van der Waals surface area contributed by atoms with Crippen LogP contribution in [0.4, 0.5) is 0 Å². The van der Waals surface area contributed by atoms with Crippen LogP contribution < -0.4 is 0 Å². The van der Waals surface area contributed by atoms with Crippen molar-refractivity contribution in [3.05, 3.63) is 26.2 Å². The molecule has 0 aliphatic rings. The zero-order chi connectivity index (χ0) is 8.69. The molecule has 0 heterocycles. The molecular weight excluding hydrogens is 140 g/mol. The topological polar surface area (TPSA) is 26.3 Å². The predicted molar refractivity (Wildman–Crippen MR) is 44.1 cm³/mol. The minimum absolute atomic E-state index is 0.173. The molecule has 0 fully saturated rings. The fourth-order valence-corrected chi connectivity index (χ4v) is 0.598. The van der Waals surface area contributed by atoms with Crippen LogP contribution in [0.15, 0.2) is 0 Å². The van der Waals surface area contributed by atoms with Gasteiger partial charge in [-0.15, -0.1) is 0 Å². The molecule has 0 aromatic carbocycles. The van der Waals surface area contributed by atoms with Crippen molar-refractivity contribution < 1.29 is 9.53 Å². The Bertz CT molecular complexity index is 110. The standard InChI is InChI=1S/C9H14O2/c1-4-6-7-8(3)9(10)11-5-2/h4,6-8H,1,5H2,2-3H3/t8-/m1/s1. The van der Waals surface area contributed by atoms with Gasteiger partial charge in [0.2, 0.25) is 0 Å². The summed E-state index contributed by atoms with van der Waals surface area (Å²) in [6.07, 6.45) is 5.13. The van der Waals surface area contributed by atoms with Crippen LogP contribution in [-0.2, 0) is 9.53 Å². The minimum atomic E-state index is -0.189. The summed E-state index contributed by atoms with van der Waals surface area (Å²) in [7, 11) is 0. The molecule has 0 aromatic rings. The molecule has 0 spiro atoms. The van der Waals surface area contributed by atoms with Crippen LogP contribution in [0.5, 0.6) is 0 Å². The van der Waals surface area contributed by atoms with E-state index in [0.29, 0.717) is 6.61 Å². The summed E-state index contributed by atoms with van der Waals surface area (Å²) in [5.74, 6) is -0.362. The van der Waals surface area contributed by atoms with Crippen molar-refractivity contribution in [2.75, 3.05) is 6.61 Å². The van der Waals surface area contributed by atoms with E-state index in [2.05, 4.69) is 6.92 Å². The van der Waals surface area contributed by atoms with Gasteiger partial charge in [-0.05, 0) is 33.1 Å². The first-order valence-electron chi connectivity index (χ1n) is 3.68. The van der Waals surface area contributed by atoms with Crippen molar-refractivity contribution in [3.63, 3.8) is 0 Å². The lowest BCUT2D eigenvalue weighted by molar-refractivity contribution is -0.146. The van der Waals surface area contributed by atoms with Gasteiger partial charge in [-0.3, -0.25) is 4.79 Å². The molecule has 0 bridgehead atoms. The number of unbranched alkanes of at least 4 members (excludes halogenated alkanes) is 1. The Kier molecular flexibility index (Phi) is 5.90. The molecule has 0 N–H and O–H groups in total. The fraction of sp³-hybridized carbons (Fsp3) is 0.444. The summed E-state index contributed by atoms with van der Waals surface area (Å²) >= 11 is 0. The van der Waals surface area contributed by atoms with Gasteiger partial charge in [0.1, 0.15) is 0 Å². The number of carbonyl (C=O) groups is 1. The largest absolute Gasteiger partial charge is 0.466 e. The Labute approximate surface area is 68.9 Å². The van der Waals surface area contributed by atoms with Gasteiger partial charge in [-0.1, -0.05) is 6.92 Å². The molecule has 2 nitrogen and oxygen atoms in total. The van der Waals surface area contributed by atoms with E-state index in [-0.39, 0.29) is 11.9 Å². The lowest BCUT2D eigenvalue weighted by atomic mass is 10.1. The average molecular weight is 154 g/mol. The lowest BCUT2D eigenvalue weighted by Crippen LogP contribution is -2.15. The fourth-order valence-electron chi connectivity index (χ4n) is 0.598. The highest BCUT2D eigenvalue weighted by atomic mass is 16.5. The Hall–Kier alpha value is -0.530. The highest BCUT2D eigenvalue weighted by molar-refractivity contribution is 5.73. The van der Waals surface area contributed by atoms with Crippen molar-refractivity contribution in [2.24, 2.45) is 5.92 Å². The second-order valence-corrected chi connectivity index (χ2v) is 2.16. The number of hydrogen-bond acceptors (Lipinski definition) is 2. The average Bonchev–Trinajstić information content (AvgIpc) is 2.00. The van der Waals surface area contributed by atoms with Crippen LogP contribution in [0.1, 0.15) is 13.8 Å². The van der Waals surface area contributed by atoms with Gasteiger partial charge < -0.3 is 4.74 Å². The maximum atomic E-state index is 10.9. The molecule has 0 saturated heterocycles. The van der Waals surface area contributed by atoms with Gasteiger partial charge >= 0.3 is 5.97 Å². The van der Waals surface area contributed by atoms with Crippen molar-refractivity contribution in [1.82, 2.24) is 0 Å². The van der Waals surface area contributed by atoms with Crippen LogP contribution in [0.25, 0.3) is 0 Å². The van der Waals surface area contributed by atoms with Crippen LogP contribution in [0.3, 0.4) is 0 Å². The van der Waals surface area contributed by atoms with Gasteiger partial charge in [-0.2, -0.15) is 0 Å². The van der Waals surface area contributed by atoms with Crippen LogP contribution in [0.2, 0.25) is 0 Å². The van der Waals surface area contributed by atoms with E-state index < -0.39 is 0 Å². The highest BCUT2D eigenvalue weighted by Gasteiger charge is 2.12. The normalized spacial score (nSPS) is 12.6. The Morgan fingerprint density at radius 1 is 1.73 bits per heavy atom. The molecule has 0 aliphatic carbocycles. The van der Waals surface area contributed by atoms with E-state index in [1.54, 1.807) is 33.1 Å². The molecule has 62 valence electrons. The second-order valence-electron chi connectivity index (χ2n) is 2.16. The number of rotatable bonds is 5. The Morgan fingerprint density at radius 2 is 2.36 bits per heavy atom. The summed E-state index contributed by atoms with van der Waals surface area (Å²) in [5, 5.41) is 0. The summed E-state index contributed by atoms with van der Waals surface area (Å²) < 4.78 is 4.78. The first-order chi connectivity index (χ1) is 5.22. The third-order valence-corrected chi connectivity index (χ3v) is 1.19. The van der Waals surface area contributed by atoms with E-state index in [1.807, 2.05) is 0 Å². The van der Waals surface area contributed by atoms with Gasteiger partial charge in [0.15, 0.2) is 0 Å². The summed E-state index contributed by atoms with van der Waals surface area (Å²) in [5.41, 5.74) is 0. The molecular formula is C9H14O2. The molecule has 11 heavy (non-hydrogen) atoms. The summed E-state index contributed by atoms with van der Waals surface area (Å²) in [6, 6.07) is 0. The molecule has 1 atom stereocenters. The molecule has 0 aromatic heterocycles. The first kappa shape index (κ1) is 10.5. The molecule has 0 rings (SSSR count). The molecule has 0 saturated carbocycles. The number of carbonyl (C=O) groups excluding carboxylic acids is 1. The van der Waals surface area contributed by atoms with Crippen LogP contribution in [-0.4, -0.2) is 12.6 Å². The quantitative estimate of drug-likeness (QED) is 0.562. The lowest BCUT2D eigenvalue weighted by Gasteiger charge is -2.07. The molecule has 4 radical (unpaired) electrons. The van der Waals surface area contributed by atoms with Gasteiger partial charge in [0.05, 0.1) is 12.5 Å². The van der Waals surface area contributed by atoms with Crippen molar-refractivity contribution in [3.8, 4) is 0 Å². The molecule has 2 heteroatoms. The van der Waals surface area contributed by atoms with Crippen LogP contribution >= 0.6 is 0 Å². The van der Waals surface area contributed by atoms with Crippen molar-refractivity contribution in [1.29, 1.82) is 0 Å². The van der Waals surface area contributed by atoms with Crippen molar-refractivity contribution >= 4 is 5.97 Å². The van der Waals surface area contributed by atoms with Gasteiger partial charge in [-0.25, -0.2) is 0 Å². The predicted octanol–water partition coefficient (Wildman–Crippen LogP) is 1.63. The Balaban J connectivity index is 3.46. The highest BCUT2D eigenvalue weighted by Crippen LogP contribution is 2.06. The maximum absolute atomic E-state index is 10.9. The number of ether oxygens (including phenoxy) is 1. The molecule has 0 unspecified atom stereocenters. The number of esters is 1. The maximum Gasteiger partial charge on any atom is 0.308 e. The SMILES string of the molecule is [CH2][CH][CH][CH][C@@H](C)C(=O)OCC. The van der Waals surface area contributed by atoms with E-state index in [9.17, 15) is 4.79 Å². The third kappa shape index (κ3) is 4.82. The zero-order valence-electron chi connectivity index (χ0n) is 7.04. The molecule has 0 aliphatic heterocycles. The van der Waals surface area contributed by atoms with Crippen molar-refractivity contribution in [2.45, 2.75) is 13.8 Å².